The van der Waals surface area contributed by atoms with Gasteiger partial charge in [0.25, 0.3) is 5.91 Å². The molecule has 0 bridgehead atoms. The van der Waals surface area contributed by atoms with Crippen molar-refractivity contribution >= 4 is 29.4 Å². The van der Waals surface area contributed by atoms with Crippen molar-refractivity contribution in [3.05, 3.63) is 64.7 Å². The van der Waals surface area contributed by atoms with Crippen molar-refractivity contribution < 1.29 is 28.0 Å². The molecule has 2 aliphatic rings. The molecule has 39 heavy (non-hydrogen) atoms. The number of hydrogen-bond acceptors (Lipinski definition) is 5. The minimum atomic E-state index is -0.978. The Morgan fingerprint density at radius 3 is 2.41 bits per heavy atom. The van der Waals surface area contributed by atoms with Crippen LogP contribution >= 0.6 is 0 Å². The summed E-state index contributed by atoms with van der Waals surface area (Å²) in [5.74, 6) is -2.97. The first-order valence-corrected chi connectivity index (χ1v) is 13.0. The van der Waals surface area contributed by atoms with Gasteiger partial charge >= 0.3 is 6.03 Å². The van der Waals surface area contributed by atoms with Gasteiger partial charge in [-0.25, -0.2) is 13.6 Å². The summed E-state index contributed by atoms with van der Waals surface area (Å²) in [6.45, 7) is 2.05. The minimum Gasteiger partial charge on any atom is -0.329 e. The first kappa shape index (κ1) is 28.2. The van der Waals surface area contributed by atoms with Crippen molar-refractivity contribution in [1.29, 1.82) is 0 Å². The van der Waals surface area contributed by atoms with Gasteiger partial charge in [0.1, 0.15) is 23.7 Å². The van der Waals surface area contributed by atoms with Crippen molar-refractivity contribution in [2.24, 2.45) is 5.92 Å². The number of benzene rings is 2. The Hall–Kier alpha value is -3.86. The number of nitrogens with one attached hydrogen (secondary N) is 3. The van der Waals surface area contributed by atoms with Gasteiger partial charge in [-0.2, -0.15) is 0 Å². The fraction of sp³-hybridized carbons (Fsp3) is 0.429. The number of urea groups is 1. The van der Waals surface area contributed by atoms with Gasteiger partial charge in [-0.15, -0.1) is 0 Å². The molecular weight excluding hydrogens is 508 g/mol. The van der Waals surface area contributed by atoms with Gasteiger partial charge in [0, 0.05) is 44.1 Å². The molecule has 2 aromatic rings. The van der Waals surface area contributed by atoms with E-state index in [9.17, 15) is 28.0 Å². The van der Waals surface area contributed by atoms with Crippen LogP contribution < -0.4 is 16.0 Å². The molecule has 1 aliphatic heterocycles. The lowest BCUT2D eigenvalue weighted by Crippen LogP contribution is -2.48. The molecule has 0 radical (unpaired) electrons. The predicted octanol–water partition coefficient (Wildman–Crippen LogP) is 2.59. The topological polar surface area (TPSA) is 111 Å². The maximum absolute atomic E-state index is 13.8. The van der Waals surface area contributed by atoms with Crippen LogP contribution in [0.2, 0.25) is 0 Å². The number of anilines is 1. The third-order valence-electron chi connectivity index (χ3n) is 7.57. The number of rotatable bonds is 10. The number of likely N-dealkylation sites (N-methyl/N-ethyl adjacent to an activating group) is 1. The molecule has 0 aromatic heterocycles. The zero-order valence-corrected chi connectivity index (χ0v) is 22.3. The standard InChI is InChI=1S/C28H33F2N5O4/c1-4-18(7-8-31-2)25(37)35(15-17-9-21(29)12-22(30)10-17)16-24(36)32-23-6-5-19-13-28(14-20(19)11-23)26(38)33-27(39)34(28)3/h5-6,9-12,18,31H,4,7-8,13-16H2,1-3H3,(H,32,36)(H,33,38,39). The van der Waals surface area contributed by atoms with Gasteiger partial charge in [-0.1, -0.05) is 13.0 Å². The SMILES string of the molecule is CCC(CCNC)C(=O)N(CC(=O)Nc1ccc2c(c1)CC1(C2)C(=O)NC(=O)N1C)Cc1cc(F)cc(F)c1. The van der Waals surface area contributed by atoms with Crippen LogP contribution in [0.1, 0.15) is 36.5 Å². The zero-order chi connectivity index (χ0) is 28.3. The first-order chi connectivity index (χ1) is 18.6. The number of amides is 5. The molecule has 4 rings (SSSR count). The Labute approximate surface area is 225 Å². The second kappa shape index (κ2) is 11.5. The fourth-order valence-corrected chi connectivity index (χ4v) is 5.36. The minimum absolute atomic E-state index is 0.126. The third kappa shape index (κ3) is 5.93. The highest BCUT2D eigenvalue weighted by Crippen LogP contribution is 2.38. The molecule has 3 N–H and O–H groups in total. The lowest BCUT2D eigenvalue weighted by atomic mass is 9.95. The number of carbonyl (C=O) groups is 4. The van der Waals surface area contributed by atoms with Crippen molar-refractivity contribution in [3.8, 4) is 0 Å². The lowest BCUT2D eigenvalue weighted by molar-refractivity contribution is -0.139. The van der Waals surface area contributed by atoms with E-state index in [-0.39, 0.29) is 36.4 Å². The molecule has 1 heterocycles. The maximum Gasteiger partial charge on any atom is 0.324 e. The van der Waals surface area contributed by atoms with E-state index in [0.717, 1.165) is 29.3 Å². The summed E-state index contributed by atoms with van der Waals surface area (Å²) in [6.07, 6.45) is 1.80. The number of nitrogens with zero attached hydrogens (tertiary/aromatic N) is 2. The van der Waals surface area contributed by atoms with E-state index < -0.39 is 29.1 Å². The van der Waals surface area contributed by atoms with Crippen LogP contribution in [0.3, 0.4) is 0 Å². The summed E-state index contributed by atoms with van der Waals surface area (Å²) in [4.78, 5) is 53.8. The molecule has 1 saturated heterocycles. The molecule has 1 fully saturated rings. The van der Waals surface area contributed by atoms with E-state index >= 15 is 0 Å². The summed E-state index contributed by atoms with van der Waals surface area (Å²) >= 11 is 0. The van der Waals surface area contributed by atoms with Gasteiger partial charge in [0.05, 0.1) is 0 Å². The average Bonchev–Trinajstić information content (AvgIpc) is 3.36. The molecule has 5 amide bonds. The van der Waals surface area contributed by atoms with Crippen LogP contribution in [0.15, 0.2) is 36.4 Å². The summed E-state index contributed by atoms with van der Waals surface area (Å²) in [5, 5.41) is 8.17. The molecule has 2 aromatic carbocycles. The van der Waals surface area contributed by atoms with E-state index in [4.69, 9.17) is 0 Å². The van der Waals surface area contributed by atoms with Gasteiger partial charge in [0.2, 0.25) is 11.8 Å². The smallest absolute Gasteiger partial charge is 0.324 e. The molecule has 11 heteroatoms. The van der Waals surface area contributed by atoms with Crippen LogP contribution in [0, 0.1) is 17.6 Å². The highest BCUT2D eigenvalue weighted by Gasteiger charge is 2.54. The molecule has 1 spiro atoms. The Morgan fingerprint density at radius 1 is 1.10 bits per heavy atom. The van der Waals surface area contributed by atoms with E-state index in [1.165, 1.54) is 9.80 Å². The van der Waals surface area contributed by atoms with Gasteiger partial charge in [-0.3, -0.25) is 19.7 Å². The van der Waals surface area contributed by atoms with Crippen LogP contribution in [0.25, 0.3) is 0 Å². The normalized spacial score (nSPS) is 18.7. The quantitative estimate of drug-likeness (QED) is 0.401. The molecule has 9 nitrogen and oxygen atoms in total. The molecule has 2 atom stereocenters. The zero-order valence-electron chi connectivity index (χ0n) is 22.3. The van der Waals surface area contributed by atoms with Crippen molar-refractivity contribution in [1.82, 2.24) is 20.4 Å². The molecule has 208 valence electrons. The van der Waals surface area contributed by atoms with Crippen molar-refractivity contribution in [2.75, 3.05) is 32.5 Å². The van der Waals surface area contributed by atoms with Crippen LogP contribution in [0.4, 0.5) is 19.3 Å². The summed E-state index contributed by atoms with van der Waals surface area (Å²) in [5.41, 5.74) is 1.49. The highest BCUT2D eigenvalue weighted by molar-refractivity contribution is 6.07. The van der Waals surface area contributed by atoms with E-state index in [1.807, 2.05) is 13.0 Å². The summed E-state index contributed by atoms with van der Waals surface area (Å²) in [6, 6.07) is 7.89. The predicted molar refractivity (Wildman–Crippen MR) is 141 cm³/mol. The second-order valence-corrected chi connectivity index (χ2v) is 10.2. The first-order valence-electron chi connectivity index (χ1n) is 13.0. The lowest BCUT2D eigenvalue weighted by Gasteiger charge is -2.27. The van der Waals surface area contributed by atoms with Gasteiger partial charge in [0.15, 0.2) is 0 Å². The Kier molecular flexibility index (Phi) is 8.29. The van der Waals surface area contributed by atoms with E-state index in [1.54, 1.807) is 26.2 Å². The van der Waals surface area contributed by atoms with Crippen LogP contribution in [0.5, 0.6) is 0 Å². The van der Waals surface area contributed by atoms with Crippen molar-refractivity contribution in [3.63, 3.8) is 0 Å². The van der Waals surface area contributed by atoms with E-state index in [0.29, 0.717) is 37.9 Å². The molecule has 1 aliphatic carbocycles. The van der Waals surface area contributed by atoms with Gasteiger partial charge in [-0.05, 0) is 67.4 Å². The average molecular weight is 542 g/mol. The third-order valence-corrected chi connectivity index (χ3v) is 7.57. The number of fused-ring (bicyclic) bond motifs is 1. The summed E-state index contributed by atoms with van der Waals surface area (Å²) < 4.78 is 27.7. The number of hydrogen-bond donors (Lipinski definition) is 3. The Bertz CT molecular complexity index is 1280. The maximum atomic E-state index is 13.8. The Balaban J connectivity index is 1.50. The van der Waals surface area contributed by atoms with E-state index in [2.05, 4.69) is 16.0 Å². The monoisotopic (exact) mass is 541 g/mol. The number of halogens is 2. The van der Waals surface area contributed by atoms with Crippen molar-refractivity contribution in [2.45, 2.75) is 44.7 Å². The van der Waals surface area contributed by atoms with Crippen LogP contribution in [-0.4, -0.2) is 66.3 Å². The number of imide groups is 1. The molecule has 2 unspecified atom stereocenters. The fourth-order valence-electron chi connectivity index (χ4n) is 5.36. The molecular formula is C28H33F2N5O4. The van der Waals surface area contributed by atoms with Crippen LogP contribution in [-0.2, 0) is 33.8 Å². The second-order valence-electron chi connectivity index (χ2n) is 10.2. The largest absolute Gasteiger partial charge is 0.329 e. The molecule has 0 saturated carbocycles. The highest BCUT2D eigenvalue weighted by atomic mass is 19.1. The Morgan fingerprint density at radius 2 is 1.79 bits per heavy atom. The number of carbonyl (C=O) groups excluding carboxylic acids is 4. The summed E-state index contributed by atoms with van der Waals surface area (Å²) in [7, 11) is 3.37. The van der Waals surface area contributed by atoms with Gasteiger partial charge < -0.3 is 20.4 Å².